The molecule has 0 saturated carbocycles. The van der Waals surface area contributed by atoms with Gasteiger partial charge in [-0.3, -0.25) is 4.79 Å². The molecule has 4 nitrogen and oxygen atoms in total. The third-order valence-corrected chi connectivity index (χ3v) is 4.03. The van der Waals surface area contributed by atoms with E-state index in [1.807, 2.05) is 6.92 Å². The van der Waals surface area contributed by atoms with Gasteiger partial charge < -0.3 is 15.4 Å². The Morgan fingerprint density at radius 3 is 2.70 bits per heavy atom. The number of halogens is 3. The van der Waals surface area contributed by atoms with Crippen LogP contribution >= 0.6 is 27.5 Å². The van der Waals surface area contributed by atoms with Crippen molar-refractivity contribution in [2.75, 3.05) is 24.3 Å². The van der Waals surface area contributed by atoms with Crippen LogP contribution in [0.3, 0.4) is 0 Å². The van der Waals surface area contributed by atoms with Crippen LogP contribution in [0.1, 0.15) is 5.56 Å². The topological polar surface area (TPSA) is 50.4 Å². The zero-order valence-corrected chi connectivity index (χ0v) is 14.9. The highest BCUT2D eigenvalue weighted by molar-refractivity contribution is 9.10. The monoisotopic (exact) mass is 400 g/mol. The molecule has 0 unspecified atom stereocenters. The zero-order valence-electron chi connectivity index (χ0n) is 12.5. The molecule has 23 heavy (non-hydrogen) atoms. The van der Waals surface area contributed by atoms with E-state index < -0.39 is 5.82 Å². The molecule has 2 rings (SSSR count). The molecule has 0 spiro atoms. The molecule has 0 bridgehead atoms. The Balaban J connectivity index is 2.04. The van der Waals surface area contributed by atoms with Crippen LogP contribution in [0, 0.1) is 12.7 Å². The van der Waals surface area contributed by atoms with Gasteiger partial charge in [0.25, 0.3) is 0 Å². The number of methoxy groups -OCH3 is 1. The van der Waals surface area contributed by atoms with E-state index in [2.05, 4.69) is 26.6 Å². The quantitative estimate of drug-likeness (QED) is 0.769. The maximum absolute atomic E-state index is 13.7. The minimum Gasteiger partial charge on any atom is -0.495 e. The third-order valence-electron chi connectivity index (χ3n) is 3.13. The van der Waals surface area contributed by atoms with Crippen LogP contribution in [0.2, 0.25) is 5.02 Å². The van der Waals surface area contributed by atoms with E-state index in [-0.39, 0.29) is 18.1 Å². The normalized spacial score (nSPS) is 10.3. The first-order valence-electron chi connectivity index (χ1n) is 6.73. The summed E-state index contributed by atoms with van der Waals surface area (Å²) in [5, 5.41) is 6.01. The Hall–Kier alpha value is -1.79. The Morgan fingerprint density at radius 1 is 1.30 bits per heavy atom. The molecule has 7 heteroatoms. The van der Waals surface area contributed by atoms with Crippen molar-refractivity contribution in [3.63, 3.8) is 0 Å². The molecule has 2 aromatic rings. The van der Waals surface area contributed by atoms with E-state index in [0.29, 0.717) is 20.9 Å². The first-order valence-corrected chi connectivity index (χ1v) is 7.90. The van der Waals surface area contributed by atoms with Gasteiger partial charge in [0.1, 0.15) is 11.6 Å². The number of amides is 1. The van der Waals surface area contributed by atoms with Crippen molar-refractivity contribution < 1.29 is 13.9 Å². The van der Waals surface area contributed by atoms with Crippen LogP contribution in [0.25, 0.3) is 0 Å². The lowest BCUT2D eigenvalue weighted by Crippen LogP contribution is -2.22. The van der Waals surface area contributed by atoms with Gasteiger partial charge >= 0.3 is 0 Å². The summed E-state index contributed by atoms with van der Waals surface area (Å²) >= 11 is 9.20. The van der Waals surface area contributed by atoms with Crippen molar-refractivity contribution in [1.29, 1.82) is 0 Å². The molecule has 0 aliphatic carbocycles. The summed E-state index contributed by atoms with van der Waals surface area (Å²) < 4.78 is 19.5. The minimum absolute atomic E-state index is 0.0800. The molecule has 0 aliphatic heterocycles. The average Bonchev–Trinajstić information content (AvgIpc) is 2.49. The Labute approximate surface area is 147 Å². The molecule has 2 N–H and O–H groups in total. The minimum atomic E-state index is -0.438. The van der Waals surface area contributed by atoms with Crippen LogP contribution in [-0.4, -0.2) is 19.6 Å². The summed E-state index contributed by atoms with van der Waals surface area (Å²) in [6.45, 7) is 1.75. The van der Waals surface area contributed by atoms with Crippen LogP contribution < -0.4 is 15.4 Å². The van der Waals surface area contributed by atoms with Crippen molar-refractivity contribution in [1.82, 2.24) is 0 Å². The lowest BCUT2D eigenvalue weighted by Gasteiger charge is -2.13. The lowest BCUT2D eigenvalue weighted by molar-refractivity contribution is -0.114. The number of hydrogen-bond donors (Lipinski definition) is 2. The van der Waals surface area contributed by atoms with Crippen molar-refractivity contribution in [3.05, 3.63) is 51.2 Å². The molecule has 1 amide bonds. The molecule has 0 heterocycles. The lowest BCUT2D eigenvalue weighted by atomic mass is 10.2. The fourth-order valence-electron chi connectivity index (χ4n) is 1.93. The smallest absolute Gasteiger partial charge is 0.243 e. The summed E-state index contributed by atoms with van der Waals surface area (Å²) in [7, 11) is 1.49. The average molecular weight is 402 g/mol. The van der Waals surface area contributed by atoms with Crippen LogP contribution in [0.4, 0.5) is 15.8 Å². The maximum Gasteiger partial charge on any atom is 0.243 e. The second-order valence-corrected chi connectivity index (χ2v) is 6.15. The molecule has 0 fully saturated rings. The molecule has 0 atom stereocenters. The van der Waals surface area contributed by atoms with Crippen LogP contribution in [0.15, 0.2) is 34.8 Å². The zero-order chi connectivity index (χ0) is 17.0. The van der Waals surface area contributed by atoms with E-state index in [9.17, 15) is 9.18 Å². The highest BCUT2D eigenvalue weighted by Gasteiger charge is 2.11. The van der Waals surface area contributed by atoms with Crippen molar-refractivity contribution in [2.24, 2.45) is 0 Å². The number of aryl methyl sites for hydroxylation is 1. The Kier molecular flexibility index (Phi) is 5.85. The number of carbonyl (C=O) groups excluding carboxylic acids is 1. The SMILES string of the molecule is COc1cc(Cl)c(C)cc1NC(=O)CNc1ccc(Br)cc1F. The highest BCUT2D eigenvalue weighted by atomic mass is 79.9. The molecular formula is C16H15BrClFN2O2. The van der Waals surface area contributed by atoms with Gasteiger partial charge in [0, 0.05) is 15.6 Å². The number of anilines is 2. The van der Waals surface area contributed by atoms with Crippen molar-refractivity contribution in [2.45, 2.75) is 6.92 Å². The van der Waals surface area contributed by atoms with E-state index in [0.717, 1.165) is 5.56 Å². The fraction of sp³-hybridized carbons (Fsp3) is 0.188. The standard InChI is InChI=1S/C16H15BrClFN2O2/c1-9-5-14(15(23-2)7-11(9)18)21-16(22)8-20-13-4-3-10(17)6-12(13)19/h3-7,20H,8H2,1-2H3,(H,21,22). The fourth-order valence-corrected chi connectivity index (χ4v) is 2.42. The molecular weight excluding hydrogens is 387 g/mol. The largest absolute Gasteiger partial charge is 0.495 e. The van der Waals surface area contributed by atoms with Gasteiger partial charge in [-0.25, -0.2) is 4.39 Å². The number of hydrogen-bond acceptors (Lipinski definition) is 3. The predicted molar refractivity (Wildman–Crippen MR) is 94.0 cm³/mol. The van der Waals surface area contributed by atoms with Gasteiger partial charge in [-0.1, -0.05) is 27.5 Å². The van der Waals surface area contributed by atoms with Crippen LogP contribution in [-0.2, 0) is 4.79 Å². The van der Waals surface area contributed by atoms with E-state index in [1.165, 1.54) is 13.2 Å². The summed E-state index contributed by atoms with van der Waals surface area (Å²) in [6.07, 6.45) is 0. The Bertz CT molecular complexity index is 740. The summed E-state index contributed by atoms with van der Waals surface area (Å²) in [5.41, 5.74) is 1.58. The van der Waals surface area contributed by atoms with Gasteiger partial charge in [-0.2, -0.15) is 0 Å². The second-order valence-electron chi connectivity index (χ2n) is 4.83. The van der Waals surface area contributed by atoms with Crippen molar-refractivity contribution in [3.8, 4) is 5.75 Å². The molecule has 0 saturated heterocycles. The van der Waals surface area contributed by atoms with Crippen molar-refractivity contribution >= 4 is 44.8 Å². The molecule has 122 valence electrons. The molecule has 0 aromatic heterocycles. The third kappa shape index (κ3) is 4.59. The second kappa shape index (κ2) is 7.66. The number of carbonyl (C=O) groups is 1. The summed E-state index contributed by atoms with van der Waals surface area (Å²) in [4.78, 5) is 12.0. The maximum atomic E-state index is 13.7. The van der Waals surface area contributed by atoms with Gasteiger partial charge in [0.15, 0.2) is 0 Å². The van der Waals surface area contributed by atoms with E-state index in [4.69, 9.17) is 16.3 Å². The van der Waals surface area contributed by atoms with Crippen LogP contribution in [0.5, 0.6) is 5.75 Å². The number of rotatable bonds is 5. The Morgan fingerprint density at radius 2 is 2.04 bits per heavy atom. The molecule has 2 aromatic carbocycles. The number of ether oxygens (including phenoxy) is 1. The molecule has 0 aliphatic rings. The first-order chi connectivity index (χ1) is 10.9. The number of nitrogens with one attached hydrogen (secondary N) is 2. The summed E-state index contributed by atoms with van der Waals surface area (Å²) in [5.74, 6) is -0.303. The predicted octanol–water partition coefficient (Wildman–Crippen LogP) is 4.61. The highest BCUT2D eigenvalue weighted by Crippen LogP contribution is 2.30. The van der Waals surface area contributed by atoms with Gasteiger partial charge in [0.2, 0.25) is 5.91 Å². The summed E-state index contributed by atoms with van der Waals surface area (Å²) in [6, 6.07) is 7.92. The molecule has 0 radical (unpaired) electrons. The van der Waals surface area contributed by atoms with Gasteiger partial charge in [0.05, 0.1) is 25.0 Å². The van der Waals surface area contributed by atoms with E-state index >= 15 is 0 Å². The van der Waals surface area contributed by atoms with Gasteiger partial charge in [-0.05, 0) is 36.8 Å². The van der Waals surface area contributed by atoms with E-state index in [1.54, 1.807) is 24.3 Å². The van der Waals surface area contributed by atoms with Gasteiger partial charge in [-0.15, -0.1) is 0 Å². The number of benzene rings is 2. The first kappa shape index (κ1) is 17.6.